The third-order valence-electron chi connectivity index (χ3n) is 0.802. The van der Waals surface area contributed by atoms with Gasteiger partial charge in [0.15, 0.2) is 0 Å². The van der Waals surface area contributed by atoms with Gasteiger partial charge in [0.05, 0.1) is 0 Å². The molecule has 0 unspecified atom stereocenters. The van der Waals surface area contributed by atoms with Crippen LogP contribution in [0, 0.1) is 0 Å². The van der Waals surface area contributed by atoms with Crippen LogP contribution in [0.3, 0.4) is 0 Å². The highest BCUT2D eigenvalue weighted by Gasteiger charge is 2.01. The maximum Gasteiger partial charge on any atom is 0.314 e. The molecule has 0 heterocycles. The van der Waals surface area contributed by atoms with Gasteiger partial charge >= 0.3 is 11.9 Å². The van der Waals surface area contributed by atoms with Crippen molar-refractivity contribution in [3.63, 3.8) is 0 Å². The minimum atomic E-state index is -1.31. The number of aliphatic carboxylic acids is 2. The molecular weight excluding hydrogens is 162 g/mol. The predicted octanol–water partition coefficient (Wildman–Crippen LogP) is 0.161. The van der Waals surface area contributed by atoms with Gasteiger partial charge in [0.25, 0.3) is 0 Å². The molecule has 5 heteroatoms. The number of rotatable bonds is 4. The lowest BCUT2D eigenvalue weighted by Crippen LogP contribution is -2.09. The Labute approximate surface area is 71.4 Å². The fraction of sp³-hybridized carbons (Fsp3) is 0.714. The SMILES string of the molecule is CCNCC.O=C(O)CC(=O)O. The summed E-state index contributed by atoms with van der Waals surface area (Å²) in [5.74, 6) is -2.62. The first-order valence-electron chi connectivity index (χ1n) is 3.68. The van der Waals surface area contributed by atoms with Crippen molar-refractivity contribution >= 4 is 11.9 Å². The summed E-state index contributed by atoms with van der Waals surface area (Å²) in [6.45, 7) is 6.39. The second-order valence-corrected chi connectivity index (χ2v) is 1.92. The molecule has 0 aromatic rings. The van der Waals surface area contributed by atoms with Crippen LogP contribution in [-0.2, 0) is 9.59 Å². The van der Waals surface area contributed by atoms with E-state index in [4.69, 9.17) is 10.2 Å². The Balaban J connectivity index is 0. The first-order valence-corrected chi connectivity index (χ1v) is 3.68. The lowest BCUT2D eigenvalue weighted by Gasteiger charge is -1.86. The number of hydrogen-bond donors (Lipinski definition) is 3. The molecule has 0 aliphatic rings. The van der Waals surface area contributed by atoms with Gasteiger partial charge in [-0.1, -0.05) is 13.8 Å². The third kappa shape index (κ3) is 23.1. The van der Waals surface area contributed by atoms with E-state index in [1.54, 1.807) is 0 Å². The Morgan fingerprint density at radius 2 is 1.42 bits per heavy atom. The van der Waals surface area contributed by atoms with Crippen molar-refractivity contribution in [2.75, 3.05) is 13.1 Å². The Hall–Kier alpha value is -1.10. The van der Waals surface area contributed by atoms with Crippen LogP contribution in [0.15, 0.2) is 0 Å². The van der Waals surface area contributed by atoms with Crippen molar-refractivity contribution in [2.45, 2.75) is 20.3 Å². The van der Waals surface area contributed by atoms with Crippen molar-refractivity contribution in [3.05, 3.63) is 0 Å². The summed E-state index contributed by atoms with van der Waals surface area (Å²) in [4.78, 5) is 18.9. The topological polar surface area (TPSA) is 86.6 Å². The molecule has 0 fully saturated rings. The quantitative estimate of drug-likeness (QED) is 0.532. The minimum Gasteiger partial charge on any atom is -0.481 e. The molecule has 0 amide bonds. The summed E-state index contributed by atoms with van der Waals surface area (Å²) in [5, 5.41) is 18.5. The fourth-order valence-corrected chi connectivity index (χ4v) is 0.379. The Morgan fingerprint density at radius 3 is 1.42 bits per heavy atom. The standard InChI is InChI=1S/C4H11N.C3H4O4/c1-3-5-4-2;4-2(5)1-3(6)7/h5H,3-4H2,1-2H3;1H2,(H,4,5)(H,6,7). The molecule has 0 bridgehead atoms. The number of carbonyl (C=O) groups is 2. The first-order chi connectivity index (χ1) is 5.54. The van der Waals surface area contributed by atoms with Crippen LogP contribution in [0.1, 0.15) is 20.3 Å². The van der Waals surface area contributed by atoms with Crippen LogP contribution in [0.25, 0.3) is 0 Å². The third-order valence-corrected chi connectivity index (χ3v) is 0.802. The molecule has 0 rings (SSSR count). The van der Waals surface area contributed by atoms with Crippen molar-refractivity contribution in [1.82, 2.24) is 5.32 Å². The maximum atomic E-state index is 9.43. The van der Waals surface area contributed by atoms with Gasteiger partial charge in [0, 0.05) is 0 Å². The summed E-state index contributed by atoms with van der Waals surface area (Å²) < 4.78 is 0. The van der Waals surface area contributed by atoms with Crippen LogP contribution in [-0.4, -0.2) is 35.2 Å². The average molecular weight is 177 g/mol. The van der Waals surface area contributed by atoms with E-state index in [9.17, 15) is 9.59 Å². The van der Waals surface area contributed by atoms with Gasteiger partial charge < -0.3 is 15.5 Å². The summed E-state index contributed by atoms with van der Waals surface area (Å²) in [7, 11) is 0. The van der Waals surface area contributed by atoms with Crippen molar-refractivity contribution in [1.29, 1.82) is 0 Å². The number of hydrogen-bond acceptors (Lipinski definition) is 3. The molecule has 0 aliphatic heterocycles. The zero-order valence-corrected chi connectivity index (χ0v) is 7.33. The lowest BCUT2D eigenvalue weighted by atomic mass is 10.5. The fourth-order valence-electron chi connectivity index (χ4n) is 0.379. The number of carboxylic acids is 2. The molecule has 0 saturated heterocycles. The molecule has 12 heavy (non-hydrogen) atoms. The van der Waals surface area contributed by atoms with Gasteiger partial charge in [0.1, 0.15) is 6.42 Å². The van der Waals surface area contributed by atoms with E-state index in [0.717, 1.165) is 13.1 Å². The van der Waals surface area contributed by atoms with Gasteiger partial charge in [-0.2, -0.15) is 0 Å². The Kier molecular flexibility index (Phi) is 11.1. The van der Waals surface area contributed by atoms with Crippen molar-refractivity contribution in [3.8, 4) is 0 Å². The monoisotopic (exact) mass is 177 g/mol. The molecule has 0 aliphatic carbocycles. The highest BCUT2D eigenvalue weighted by Crippen LogP contribution is 1.74. The van der Waals surface area contributed by atoms with Gasteiger partial charge in [-0.3, -0.25) is 9.59 Å². The Morgan fingerprint density at radius 1 is 1.08 bits per heavy atom. The predicted molar refractivity (Wildman–Crippen MR) is 44.1 cm³/mol. The molecule has 0 spiro atoms. The molecule has 0 radical (unpaired) electrons. The zero-order chi connectivity index (χ0) is 9.98. The molecular formula is C7H15NO4. The molecule has 5 nitrogen and oxygen atoms in total. The normalized spacial score (nSPS) is 8.17. The summed E-state index contributed by atoms with van der Waals surface area (Å²) in [6, 6.07) is 0. The maximum absolute atomic E-state index is 9.43. The van der Waals surface area contributed by atoms with Crippen LogP contribution >= 0.6 is 0 Å². The smallest absolute Gasteiger partial charge is 0.314 e. The van der Waals surface area contributed by atoms with Crippen molar-refractivity contribution in [2.24, 2.45) is 0 Å². The molecule has 0 aromatic heterocycles. The van der Waals surface area contributed by atoms with Gasteiger partial charge in [0.2, 0.25) is 0 Å². The number of nitrogens with one attached hydrogen (secondary N) is 1. The highest BCUT2D eigenvalue weighted by molar-refractivity contribution is 5.88. The molecule has 0 aromatic carbocycles. The molecule has 0 saturated carbocycles. The number of carboxylic acid groups (broad SMARTS) is 2. The van der Waals surface area contributed by atoms with E-state index < -0.39 is 18.4 Å². The average Bonchev–Trinajstić information content (AvgIpc) is 1.87. The zero-order valence-electron chi connectivity index (χ0n) is 7.33. The van der Waals surface area contributed by atoms with Gasteiger partial charge in [-0.15, -0.1) is 0 Å². The first kappa shape index (κ1) is 13.5. The molecule has 72 valence electrons. The van der Waals surface area contributed by atoms with Crippen LogP contribution in [0.2, 0.25) is 0 Å². The highest BCUT2D eigenvalue weighted by atomic mass is 16.4. The van der Waals surface area contributed by atoms with Crippen LogP contribution in [0.4, 0.5) is 0 Å². The summed E-state index contributed by atoms with van der Waals surface area (Å²) in [5.41, 5.74) is 0. The minimum absolute atomic E-state index is 0.806. The largest absolute Gasteiger partial charge is 0.481 e. The van der Waals surface area contributed by atoms with Crippen LogP contribution < -0.4 is 5.32 Å². The molecule has 3 N–H and O–H groups in total. The van der Waals surface area contributed by atoms with Gasteiger partial charge in [-0.05, 0) is 13.1 Å². The van der Waals surface area contributed by atoms with E-state index in [1.165, 1.54) is 0 Å². The lowest BCUT2D eigenvalue weighted by molar-refractivity contribution is -0.147. The summed E-state index contributed by atoms with van der Waals surface area (Å²) in [6.07, 6.45) is -0.806. The van der Waals surface area contributed by atoms with E-state index >= 15 is 0 Å². The second kappa shape index (κ2) is 9.90. The van der Waals surface area contributed by atoms with Crippen LogP contribution in [0.5, 0.6) is 0 Å². The molecule has 0 atom stereocenters. The second-order valence-electron chi connectivity index (χ2n) is 1.92. The van der Waals surface area contributed by atoms with E-state index in [2.05, 4.69) is 19.2 Å². The van der Waals surface area contributed by atoms with E-state index in [0.29, 0.717) is 0 Å². The van der Waals surface area contributed by atoms with Gasteiger partial charge in [-0.25, -0.2) is 0 Å². The Bertz CT molecular complexity index is 121. The van der Waals surface area contributed by atoms with Crippen molar-refractivity contribution < 1.29 is 19.8 Å². The van der Waals surface area contributed by atoms with E-state index in [-0.39, 0.29) is 0 Å². The van der Waals surface area contributed by atoms with E-state index in [1.807, 2.05) is 0 Å². The summed E-state index contributed by atoms with van der Waals surface area (Å²) >= 11 is 0.